The summed E-state index contributed by atoms with van der Waals surface area (Å²) in [5.41, 5.74) is 1.42. The summed E-state index contributed by atoms with van der Waals surface area (Å²) in [6.07, 6.45) is 0.750. The van der Waals surface area contributed by atoms with Crippen molar-refractivity contribution in [2.75, 3.05) is 11.9 Å². The number of hydrogen-bond acceptors (Lipinski definition) is 3. The lowest BCUT2D eigenvalue weighted by Gasteiger charge is -2.12. The summed E-state index contributed by atoms with van der Waals surface area (Å²) in [7, 11) is 0. The Kier molecular flexibility index (Phi) is 7.14. The number of ether oxygens (including phenoxy) is 1. The zero-order chi connectivity index (χ0) is 18.9. The van der Waals surface area contributed by atoms with Crippen LogP contribution in [0.5, 0.6) is 5.75 Å². The Bertz CT molecular complexity index is 746. The van der Waals surface area contributed by atoms with E-state index in [4.69, 9.17) is 9.84 Å². The third-order valence-electron chi connectivity index (χ3n) is 3.85. The molecule has 6 heteroatoms. The number of aliphatic carboxylic acids is 1. The number of carbonyl (C=O) groups excluding carboxylic acids is 1. The summed E-state index contributed by atoms with van der Waals surface area (Å²) in [6, 6.07) is 13.1. The Labute approximate surface area is 151 Å². The fourth-order valence-electron chi connectivity index (χ4n) is 2.47. The molecule has 0 aliphatic carbocycles. The average Bonchev–Trinajstić information content (AvgIpc) is 2.60. The topological polar surface area (TPSA) is 75.6 Å². The second-order valence-electron chi connectivity index (χ2n) is 6.08. The molecule has 0 bridgehead atoms. The van der Waals surface area contributed by atoms with Crippen LogP contribution in [-0.2, 0) is 9.59 Å². The molecule has 1 unspecified atom stereocenters. The van der Waals surface area contributed by atoms with E-state index >= 15 is 0 Å². The van der Waals surface area contributed by atoms with Gasteiger partial charge in [-0.3, -0.25) is 9.59 Å². The zero-order valence-electron chi connectivity index (χ0n) is 14.6. The molecule has 5 nitrogen and oxygen atoms in total. The number of halogens is 1. The quantitative estimate of drug-likeness (QED) is 0.658. The third-order valence-corrected chi connectivity index (χ3v) is 3.85. The molecule has 2 N–H and O–H groups in total. The lowest BCUT2D eigenvalue weighted by Crippen LogP contribution is -2.14. The SMILES string of the molecule is CC(CC(=O)Nc1ccc(OCCCC(=O)O)cc1)c1cccc(F)c1. The summed E-state index contributed by atoms with van der Waals surface area (Å²) in [4.78, 5) is 22.6. The normalized spacial score (nSPS) is 11.6. The molecule has 138 valence electrons. The number of benzene rings is 2. The van der Waals surface area contributed by atoms with Gasteiger partial charge in [-0.15, -0.1) is 0 Å². The van der Waals surface area contributed by atoms with Crippen LogP contribution in [0.4, 0.5) is 10.1 Å². The minimum absolute atomic E-state index is 0.0671. The number of carboxylic acids is 1. The molecule has 0 aliphatic rings. The van der Waals surface area contributed by atoms with Gasteiger partial charge in [0.05, 0.1) is 6.61 Å². The maximum Gasteiger partial charge on any atom is 0.303 e. The summed E-state index contributed by atoms with van der Waals surface area (Å²) >= 11 is 0. The van der Waals surface area contributed by atoms with E-state index < -0.39 is 5.97 Å². The lowest BCUT2D eigenvalue weighted by molar-refractivity contribution is -0.137. The predicted molar refractivity (Wildman–Crippen MR) is 96.9 cm³/mol. The number of rotatable bonds is 9. The van der Waals surface area contributed by atoms with Gasteiger partial charge in [-0.25, -0.2) is 4.39 Å². The molecule has 0 radical (unpaired) electrons. The van der Waals surface area contributed by atoms with Crippen molar-refractivity contribution in [3.05, 3.63) is 59.9 Å². The molecule has 26 heavy (non-hydrogen) atoms. The molecule has 0 spiro atoms. The Hall–Kier alpha value is -2.89. The third kappa shape index (κ3) is 6.55. The van der Waals surface area contributed by atoms with Crippen LogP contribution in [0.1, 0.15) is 37.7 Å². The van der Waals surface area contributed by atoms with Gasteiger partial charge in [-0.2, -0.15) is 0 Å². The first-order valence-corrected chi connectivity index (χ1v) is 8.44. The largest absolute Gasteiger partial charge is 0.494 e. The van der Waals surface area contributed by atoms with Crippen molar-refractivity contribution in [2.45, 2.75) is 32.1 Å². The second kappa shape index (κ2) is 9.56. The van der Waals surface area contributed by atoms with Gasteiger partial charge in [0.1, 0.15) is 11.6 Å². The maximum absolute atomic E-state index is 13.3. The van der Waals surface area contributed by atoms with Crippen LogP contribution < -0.4 is 10.1 Å². The van der Waals surface area contributed by atoms with Crippen molar-refractivity contribution in [3.63, 3.8) is 0 Å². The van der Waals surface area contributed by atoms with Crippen LogP contribution in [0.15, 0.2) is 48.5 Å². The molecule has 0 aromatic heterocycles. The van der Waals surface area contributed by atoms with Crippen molar-refractivity contribution in [3.8, 4) is 5.75 Å². The molecule has 1 atom stereocenters. The minimum Gasteiger partial charge on any atom is -0.494 e. The molecule has 0 fully saturated rings. The molecule has 2 rings (SSSR count). The van der Waals surface area contributed by atoms with Gasteiger partial charge < -0.3 is 15.2 Å². The Balaban J connectivity index is 1.80. The summed E-state index contributed by atoms with van der Waals surface area (Å²) < 4.78 is 18.7. The first-order chi connectivity index (χ1) is 12.4. The van der Waals surface area contributed by atoms with Gasteiger partial charge >= 0.3 is 5.97 Å². The van der Waals surface area contributed by atoms with Crippen LogP contribution in [0.2, 0.25) is 0 Å². The van der Waals surface area contributed by atoms with E-state index in [9.17, 15) is 14.0 Å². The van der Waals surface area contributed by atoms with Crippen molar-refractivity contribution in [1.82, 2.24) is 0 Å². The first-order valence-electron chi connectivity index (χ1n) is 8.44. The van der Waals surface area contributed by atoms with E-state index in [2.05, 4.69) is 5.32 Å². The minimum atomic E-state index is -0.848. The van der Waals surface area contributed by atoms with Crippen LogP contribution in [0, 0.1) is 5.82 Å². The standard InChI is InChI=1S/C20H22FNO4/c1-14(15-4-2-5-16(21)13-15)12-19(23)22-17-7-9-18(10-8-17)26-11-3-6-20(24)25/h2,4-5,7-10,13-14H,3,6,11-12H2,1H3,(H,22,23)(H,24,25). The van der Waals surface area contributed by atoms with Crippen LogP contribution in [-0.4, -0.2) is 23.6 Å². The smallest absolute Gasteiger partial charge is 0.303 e. The van der Waals surface area contributed by atoms with Crippen LogP contribution in [0.3, 0.4) is 0 Å². The molecule has 2 aromatic rings. The van der Waals surface area contributed by atoms with Crippen LogP contribution in [0.25, 0.3) is 0 Å². The fourth-order valence-corrected chi connectivity index (χ4v) is 2.47. The monoisotopic (exact) mass is 359 g/mol. The molecule has 0 saturated carbocycles. The van der Waals surface area contributed by atoms with Crippen molar-refractivity contribution < 1.29 is 23.8 Å². The summed E-state index contributed by atoms with van der Waals surface area (Å²) in [6.45, 7) is 2.20. The highest BCUT2D eigenvalue weighted by Gasteiger charge is 2.12. The van der Waals surface area contributed by atoms with E-state index in [0.717, 1.165) is 5.56 Å². The van der Waals surface area contributed by atoms with E-state index in [0.29, 0.717) is 24.5 Å². The summed E-state index contributed by atoms with van der Waals surface area (Å²) in [5, 5.41) is 11.4. The van der Waals surface area contributed by atoms with Crippen molar-refractivity contribution in [2.24, 2.45) is 0 Å². The second-order valence-corrected chi connectivity index (χ2v) is 6.08. The summed E-state index contributed by atoms with van der Waals surface area (Å²) in [5.74, 6) is -0.797. The van der Waals surface area contributed by atoms with E-state index in [1.807, 2.05) is 6.92 Å². The van der Waals surface area contributed by atoms with Gasteiger partial charge in [0.25, 0.3) is 0 Å². The van der Waals surface area contributed by atoms with Gasteiger partial charge in [-0.1, -0.05) is 19.1 Å². The molecule has 2 aromatic carbocycles. The van der Waals surface area contributed by atoms with Gasteiger partial charge in [0.15, 0.2) is 0 Å². The van der Waals surface area contributed by atoms with Gasteiger partial charge in [-0.05, 0) is 54.3 Å². The Morgan fingerprint density at radius 2 is 1.92 bits per heavy atom. The average molecular weight is 359 g/mol. The van der Waals surface area contributed by atoms with Crippen LogP contribution >= 0.6 is 0 Å². The molecule has 1 amide bonds. The number of carboxylic acid groups (broad SMARTS) is 1. The maximum atomic E-state index is 13.3. The highest BCUT2D eigenvalue weighted by molar-refractivity contribution is 5.91. The number of amides is 1. The van der Waals surface area contributed by atoms with E-state index in [1.165, 1.54) is 12.1 Å². The number of nitrogens with one attached hydrogen (secondary N) is 1. The number of hydrogen-bond donors (Lipinski definition) is 2. The van der Waals surface area contributed by atoms with Crippen molar-refractivity contribution >= 4 is 17.6 Å². The Morgan fingerprint density at radius 3 is 2.58 bits per heavy atom. The van der Waals surface area contributed by atoms with E-state index in [-0.39, 0.29) is 30.5 Å². The molecular formula is C20H22FNO4. The highest BCUT2D eigenvalue weighted by Crippen LogP contribution is 2.21. The predicted octanol–water partition coefficient (Wildman–Crippen LogP) is 4.20. The lowest BCUT2D eigenvalue weighted by atomic mass is 9.97. The zero-order valence-corrected chi connectivity index (χ0v) is 14.6. The number of carbonyl (C=O) groups is 2. The fraction of sp³-hybridized carbons (Fsp3) is 0.300. The molecule has 0 saturated heterocycles. The van der Waals surface area contributed by atoms with E-state index in [1.54, 1.807) is 36.4 Å². The number of anilines is 1. The van der Waals surface area contributed by atoms with Crippen molar-refractivity contribution in [1.29, 1.82) is 0 Å². The van der Waals surface area contributed by atoms with Gasteiger partial charge in [0.2, 0.25) is 5.91 Å². The first kappa shape index (κ1) is 19.4. The molecular weight excluding hydrogens is 337 g/mol. The molecule has 0 heterocycles. The van der Waals surface area contributed by atoms with Gasteiger partial charge in [0, 0.05) is 18.5 Å². The Morgan fingerprint density at radius 1 is 1.19 bits per heavy atom. The molecule has 0 aliphatic heterocycles. The highest BCUT2D eigenvalue weighted by atomic mass is 19.1.